The van der Waals surface area contributed by atoms with Crippen LogP contribution in [0, 0.1) is 11.3 Å². The molecule has 64 valence electrons. The highest BCUT2D eigenvalue weighted by Gasteiger charge is 2.46. The fourth-order valence-electron chi connectivity index (χ4n) is 1.65. The van der Waals surface area contributed by atoms with E-state index in [0.29, 0.717) is 6.42 Å². The summed E-state index contributed by atoms with van der Waals surface area (Å²) in [6.45, 7) is 0. The van der Waals surface area contributed by atoms with Crippen LogP contribution in [0.1, 0.15) is 6.42 Å². The highest BCUT2D eigenvalue weighted by atomic mass is 32.2. The van der Waals surface area contributed by atoms with Crippen molar-refractivity contribution in [2.75, 3.05) is 5.75 Å². The molecule has 1 amide bonds. The topological polar surface area (TPSA) is 70.1 Å². The van der Waals surface area contributed by atoms with Gasteiger partial charge in [-0.25, -0.2) is 0 Å². The maximum absolute atomic E-state index is 11.4. The summed E-state index contributed by atoms with van der Waals surface area (Å²) < 4.78 is 0. The Labute approximate surface area is 74.7 Å². The van der Waals surface area contributed by atoms with Gasteiger partial charge in [0.1, 0.15) is 6.04 Å². The SMILES string of the molecule is N#C[C@@H]1CSC2C[C@@H](N)C(=O)N21. The minimum Gasteiger partial charge on any atom is -0.320 e. The van der Waals surface area contributed by atoms with Crippen molar-refractivity contribution in [1.29, 1.82) is 5.26 Å². The van der Waals surface area contributed by atoms with E-state index in [1.807, 2.05) is 0 Å². The Morgan fingerprint density at radius 3 is 3.17 bits per heavy atom. The Morgan fingerprint density at radius 1 is 1.75 bits per heavy atom. The van der Waals surface area contributed by atoms with Crippen molar-refractivity contribution in [3.8, 4) is 6.07 Å². The number of rotatable bonds is 0. The molecule has 0 aromatic rings. The number of nitrogens with two attached hydrogens (primary N) is 1. The summed E-state index contributed by atoms with van der Waals surface area (Å²) in [5, 5.41) is 8.88. The molecule has 0 radical (unpaired) electrons. The molecule has 2 rings (SSSR count). The smallest absolute Gasteiger partial charge is 0.241 e. The fourth-order valence-corrected chi connectivity index (χ4v) is 3.04. The van der Waals surface area contributed by atoms with E-state index < -0.39 is 0 Å². The molecule has 0 spiro atoms. The number of nitrogens with zero attached hydrogens (tertiary/aromatic N) is 2. The number of carbonyl (C=O) groups excluding carboxylic acids is 1. The Balaban J connectivity index is 2.22. The van der Waals surface area contributed by atoms with Crippen LogP contribution in [0.5, 0.6) is 0 Å². The summed E-state index contributed by atoms with van der Waals surface area (Å²) in [5.41, 5.74) is 5.57. The molecule has 2 saturated heterocycles. The zero-order valence-electron chi connectivity index (χ0n) is 6.43. The van der Waals surface area contributed by atoms with E-state index in [1.54, 1.807) is 16.7 Å². The highest BCUT2D eigenvalue weighted by Crippen LogP contribution is 2.36. The predicted octanol–water partition coefficient (Wildman–Crippen LogP) is -0.489. The number of fused-ring (bicyclic) bond motifs is 1. The summed E-state index contributed by atoms with van der Waals surface area (Å²) in [5.74, 6) is 0.677. The molecule has 0 bridgehead atoms. The fraction of sp³-hybridized carbons (Fsp3) is 0.714. The van der Waals surface area contributed by atoms with E-state index in [4.69, 9.17) is 11.0 Å². The van der Waals surface area contributed by atoms with E-state index in [1.165, 1.54) is 0 Å². The van der Waals surface area contributed by atoms with Gasteiger partial charge in [0.2, 0.25) is 5.91 Å². The van der Waals surface area contributed by atoms with Gasteiger partial charge in [0.15, 0.2) is 0 Å². The second kappa shape index (κ2) is 2.64. The molecule has 2 fully saturated rings. The number of hydrogen-bond donors (Lipinski definition) is 1. The molecule has 5 heteroatoms. The van der Waals surface area contributed by atoms with Gasteiger partial charge >= 0.3 is 0 Å². The number of amides is 1. The van der Waals surface area contributed by atoms with Crippen molar-refractivity contribution in [3.05, 3.63) is 0 Å². The molecule has 0 aliphatic carbocycles. The summed E-state index contributed by atoms with van der Waals surface area (Å²) in [6.07, 6.45) is 0.696. The quantitative estimate of drug-likeness (QED) is 0.550. The molecular formula is C7H9N3OS. The molecular weight excluding hydrogens is 174 g/mol. The van der Waals surface area contributed by atoms with Crippen LogP contribution in [0.4, 0.5) is 0 Å². The van der Waals surface area contributed by atoms with Crippen molar-refractivity contribution in [1.82, 2.24) is 4.90 Å². The third kappa shape index (κ3) is 0.919. The van der Waals surface area contributed by atoms with Gasteiger partial charge in [-0.1, -0.05) is 0 Å². The van der Waals surface area contributed by atoms with E-state index in [2.05, 4.69) is 6.07 Å². The summed E-state index contributed by atoms with van der Waals surface area (Å²) in [7, 11) is 0. The van der Waals surface area contributed by atoms with Crippen LogP contribution in [0.2, 0.25) is 0 Å². The second-order valence-corrected chi connectivity index (χ2v) is 4.23. The molecule has 3 atom stereocenters. The lowest BCUT2D eigenvalue weighted by molar-refractivity contribution is -0.129. The first-order valence-corrected chi connectivity index (χ1v) is 4.88. The summed E-state index contributed by atoms with van der Waals surface area (Å²) in [6, 6.07) is 1.49. The first kappa shape index (κ1) is 7.90. The lowest BCUT2D eigenvalue weighted by Crippen LogP contribution is -2.39. The molecule has 0 aromatic heterocycles. The van der Waals surface area contributed by atoms with Gasteiger partial charge in [-0.05, 0) is 0 Å². The van der Waals surface area contributed by atoms with Gasteiger partial charge < -0.3 is 10.6 Å². The number of hydrogen-bond acceptors (Lipinski definition) is 4. The van der Waals surface area contributed by atoms with Gasteiger partial charge in [0.05, 0.1) is 17.5 Å². The number of nitriles is 1. The van der Waals surface area contributed by atoms with E-state index in [9.17, 15) is 4.79 Å². The van der Waals surface area contributed by atoms with Crippen LogP contribution in [0.3, 0.4) is 0 Å². The Bertz CT molecular complexity index is 262. The van der Waals surface area contributed by atoms with Crippen molar-refractivity contribution < 1.29 is 4.79 Å². The molecule has 0 aromatic carbocycles. The maximum atomic E-state index is 11.4. The molecule has 2 aliphatic rings. The molecule has 1 unspecified atom stereocenters. The molecule has 4 nitrogen and oxygen atoms in total. The van der Waals surface area contributed by atoms with E-state index >= 15 is 0 Å². The average Bonchev–Trinajstić information content (AvgIpc) is 2.55. The Kier molecular flexibility index (Phi) is 1.74. The van der Waals surface area contributed by atoms with Crippen LogP contribution in [0.25, 0.3) is 0 Å². The van der Waals surface area contributed by atoms with Crippen molar-refractivity contribution >= 4 is 17.7 Å². The van der Waals surface area contributed by atoms with Crippen LogP contribution >= 0.6 is 11.8 Å². The van der Waals surface area contributed by atoms with Gasteiger partial charge in [-0.2, -0.15) is 5.26 Å². The molecule has 2 heterocycles. The summed E-state index contributed by atoms with van der Waals surface area (Å²) in [4.78, 5) is 13.0. The third-order valence-electron chi connectivity index (χ3n) is 2.27. The van der Waals surface area contributed by atoms with Crippen LogP contribution < -0.4 is 5.73 Å². The first-order chi connectivity index (χ1) is 5.74. The molecule has 0 saturated carbocycles. The zero-order chi connectivity index (χ0) is 8.72. The first-order valence-electron chi connectivity index (χ1n) is 3.83. The Hall–Kier alpha value is -0.730. The standard InChI is InChI=1S/C7H9N3OS/c8-2-4-3-12-6-1-5(9)7(11)10(4)6/h4-6H,1,3,9H2/t4-,5-,6?/m1/s1. The zero-order valence-corrected chi connectivity index (χ0v) is 7.25. The van der Waals surface area contributed by atoms with Crippen molar-refractivity contribution in [3.63, 3.8) is 0 Å². The van der Waals surface area contributed by atoms with Gasteiger partial charge in [-0.15, -0.1) is 11.8 Å². The normalized spacial score (nSPS) is 39.8. The average molecular weight is 183 g/mol. The third-order valence-corrected chi connectivity index (χ3v) is 3.58. The molecule has 2 N–H and O–H groups in total. The molecule has 2 aliphatic heterocycles. The largest absolute Gasteiger partial charge is 0.320 e. The van der Waals surface area contributed by atoms with Gasteiger partial charge in [0.25, 0.3) is 0 Å². The lowest BCUT2D eigenvalue weighted by Gasteiger charge is -2.17. The van der Waals surface area contributed by atoms with Crippen molar-refractivity contribution in [2.45, 2.75) is 23.9 Å². The van der Waals surface area contributed by atoms with Gasteiger partial charge in [-0.3, -0.25) is 4.79 Å². The summed E-state index contributed by atoms with van der Waals surface area (Å²) >= 11 is 1.66. The minimum atomic E-state index is -0.376. The van der Waals surface area contributed by atoms with Gasteiger partial charge in [0, 0.05) is 12.2 Å². The van der Waals surface area contributed by atoms with Crippen LogP contribution in [0.15, 0.2) is 0 Å². The predicted molar refractivity (Wildman–Crippen MR) is 45.1 cm³/mol. The lowest BCUT2D eigenvalue weighted by atomic mass is 10.3. The Morgan fingerprint density at radius 2 is 2.50 bits per heavy atom. The van der Waals surface area contributed by atoms with E-state index in [0.717, 1.165) is 5.75 Å². The number of thioether (sulfide) groups is 1. The molecule has 12 heavy (non-hydrogen) atoms. The van der Waals surface area contributed by atoms with Crippen LogP contribution in [-0.4, -0.2) is 34.0 Å². The van der Waals surface area contributed by atoms with Crippen LogP contribution in [-0.2, 0) is 4.79 Å². The highest BCUT2D eigenvalue weighted by molar-refractivity contribution is 8.00. The monoisotopic (exact) mass is 183 g/mol. The second-order valence-electron chi connectivity index (χ2n) is 3.02. The number of carbonyl (C=O) groups is 1. The minimum absolute atomic E-state index is 0.0587. The van der Waals surface area contributed by atoms with Crippen molar-refractivity contribution in [2.24, 2.45) is 5.73 Å². The maximum Gasteiger partial charge on any atom is 0.241 e. The van der Waals surface area contributed by atoms with E-state index in [-0.39, 0.29) is 23.4 Å².